The number of carbonyl (C=O) groups is 3. The van der Waals surface area contributed by atoms with Crippen LogP contribution in [0.3, 0.4) is 0 Å². The Morgan fingerprint density at radius 1 is 1.03 bits per heavy atom. The Labute approximate surface area is 210 Å². The zero-order valence-corrected chi connectivity index (χ0v) is 20.4. The summed E-state index contributed by atoms with van der Waals surface area (Å²) in [7, 11) is 1.49. The predicted molar refractivity (Wildman–Crippen MR) is 135 cm³/mol. The number of hydrogen-bond donors (Lipinski definition) is 2. The number of nitrogens with zero attached hydrogens (tertiary/aromatic N) is 1. The van der Waals surface area contributed by atoms with Crippen molar-refractivity contribution in [3.05, 3.63) is 94.1 Å². The smallest absolute Gasteiger partial charge is 0.329 e. The van der Waals surface area contributed by atoms with Gasteiger partial charge in [0.05, 0.1) is 17.3 Å². The number of hydrogen-bond acceptors (Lipinski definition) is 5. The maximum absolute atomic E-state index is 12.8. The van der Waals surface area contributed by atoms with Gasteiger partial charge in [-0.3, -0.25) is 9.59 Å². The number of imide groups is 1. The van der Waals surface area contributed by atoms with E-state index >= 15 is 0 Å². The number of urea groups is 1. The number of amides is 4. The van der Waals surface area contributed by atoms with Gasteiger partial charge in [-0.15, -0.1) is 0 Å². The van der Waals surface area contributed by atoms with Gasteiger partial charge in [0.15, 0.2) is 0 Å². The Bertz CT molecular complexity index is 1290. The number of ether oxygens (including phenoxy) is 2. The van der Waals surface area contributed by atoms with Crippen LogP contribution >= 0.6 is 15.9 Å². The second-order valence-corrected chi connectivity index (χ2v) is 8.45. The maximum Gasteiger partial charge on any atom is 0.329 e. The molecular weight excluding hydrogens is 514 g/mol. The van der Waals surface area contributed by atoms with E-state index in [-0.39, 0.29) is 5.70 Å². The fourth-order valence-electron chi connectivity index (χ4n) is 3.42. The highest BCUT2D eigenvalue weighted by molar-refractivity contribution is 9.10. The number of nitrogens with one attached hydrogen (secondary N) is 2. The van der Waals surface area contributed by atoms with Gasteiger partial charge in [0, 0.05) is 0 Å². The molecule has 2 N–H and O–H groups in total. The van der Waals surface area contributed by atoms with Gasteiger partial charge >= 0.3 is 6.03 Å². The molecule has 0 aliphatic carbocycles. The number of benzene rings is 3. The zero-order valence-electron chi connectivity index (χ0n) is 18.8. The minimum absolute atomic E-state index is 0.0740. The summed E-state index contributed by atoms with van der Waals surface area (Å²) in [4.78, 5) is 38.4. The number of carbonyl (C=O) groups excluding carboxylic acids is 3. The second kappa shape index (κ2) is 10.9. The summed E-state index contributed by atoms with van der Waals surface area (Å²) >= 11 is 3.48. The molecule has 4 rings (SSSR count). The van der Waals surface area contributed by atoms with Crippen LogP contribution in [0.5, 0.6) is 11.5 Å². The molecule has 3 aromatic carbocycles. The van der Waals surface area contributed by atoms with E-state index in [1.165, 1.54) is 7.11 Å². The molecule has 1 aliphatic rings. The number of halogens is 1. The molecule has 1 fully saturated rings. The van der Waals surface area contributed by atoms with Gasteiger partial charge in [0.25, 0.3) is 5.91 Å². The summed E-state index contributed by atoms with van der Waals surface area (Å²) in [6.07, 6.45) is 1.55. The van der Waals surface area contributed by atoms with Gasteiger partial charge in [-0.25, -0.2) is 9.69 Å². The van der Waals surface area contributed by atoms with E-state index in [4.69, 9.17) is 9.47 Å². The van der Waals surface area contributed by atoms with Gasteiger partial charge in [0.1, 0.15) is 30.3 Å². The van der Waals surface area contributed by atoms with E-state index in [0.717, 1.165) is 10.5 Å². The van der Waals surface area contributed by atoms with Crippen molar-refractivity contribution in [2.24, 2.45) is 0 Å². The third-order valence-electron chi connectivity index (χ3n) is 5.15. The first-order valence-corrected chi connectivity index (χ1v) is 11.5. The molecule has 0 atom stereocenters. The molecule has 0 unspecified atom stereocenters. The molecule has 0 saturated carbocycles. The van der Waals surface area contributed by atoms with Gasteiger partial charge in [-0.2, -0.15) is 0 Å². The molecule has 0 spiro atoms. The normalized spacial score (nSPS) is 14.1. The highest BCUT2D eigenvalue weighted by Gasteiger charge is 2.35. The Balaban J connectivity index is 1.40. The van der Waals surface area contributed by atoms with Gasteiger partial charge in [0.2, 0.25) is 5.91 Å². The number of methoxy groups -OCH3 is 1. The standard InChI is InChI=1S/C26H22BrN3O5/c1-34-23-10-6-5-9-20(23)28-24(31)15-30-25(32)21(29-26(30)33)14-18-11-12-22(19(27)13-18)35-16-17-7-3-2-4-8-17/h2-14H,15-16H2,1H3,(H,28,31)(H,29,33)/b21-14+. The van der Waals surface area contributed by atoms with E-state index in [9.17, 15) is 14.4 Å². The minimum Gasteiger partial charge on any atom is -0.495 e. The first kappa shape index (κ1) is 24.0. The van der Waals surface area contributed by atoms with E-state index in [0.29, 0.717) is 33.8 Å². The highest BCUT2D eigenvalue weighted by atomic mass is 79.9. The van der Waals surface area contributed by atoms with Crippen LogP contribution < -0.4 is 20.1 Å². The van der Waals surface area contributed by atoms with Crippen molar-refractivity contribution in [1.82, 2.24) is 10.2 Å². The SMILES string of the molecule is COc1ccccc1NC(=O)CN1C(=O)N/C(=C/c2ccc(OCc3ccccc3)c(Br)c2)C1=O. The van der Waals surface area contributed by atoms with Crippen molar-refractivity contribution < 1.29 is 23.9 Å². The molecule has 35 heavy (non-hydrogen) atoms. The molecule has 178 valence electrons. The molecule has 0 bridgehead atoms. The molecule has 1 heterocycles. The van der Waals surface area contributed by atoms with Crippen LogP contribution in [0, 0.1) is 0 Å². The van der Waals surface area contributed by atoms with Crippen molar-refractivity contribution >= 4 is 45.5 Å². The van der Waals surface area contributed by atoms with Crippen LogP contribution in [0.25, 0.3) is 6.08 Å². The molecule has 4 amide bonds. The highest BCUT2D eigenvalue weighted by Crippen LogP contribution is 2.28. The van der Waals surface area contributed by atoms with Crippen molar-refractivity contribution in [2.75, 3.05) is 19.0 Å². The Morgan fingerprint density at radius 3 is 2.51 bits per heavy atom. The van der Waals surface area contributed by atoms with Crippen molar-refractivity contribution in [3.63, 3.8) is 0 Å². The molecule has 3 aromatic rings. The van der Waals surface area contributed by atoms with E-state index in [2.05, 4.69) is 26.6 Å². The Morgan fingerprint density at radius 2 is 1.77 bits per heavy atom. The van der Waals surface area contributed by atoms with E-state index < -0.39 is 24.4 Å². The molecule has 0 aromatic heterocycles. The summed E-state index contributed by atoms with van der Waals surface area (Å²) in [5.41, 5.74) is 2.24. The average Bonchev–Trinajstić information content (AvgIpc) is 3.11. The Hall–Kier alpha value is -4.11. The number of anilines is 1. The summed E-state index contributed by atoms with van der Waals surface area (Å²) < 4.78 is 11.7. The third kappa shape index (κ3) is 5.88. The second-order valence-electron chi connectivity index (χ2n) is 7.59. The van der Waals surface area contributed by atoms with E-state index in [1.807, 2.05) is 30.3 Å². The minimum atomic E-state index is -0.668. The van der Waals surface area contributed by atoms with Gasteiger partial charge in [-0.05, 0) is 57.4 Å². The number of para-hydroxylation sites is 2. The largest absolute Gasteiger partial charge is 0.495 e. The first-order chi connectivity index (χ1) is 16.9. The fraction of sp³-hybridized carbons (Fsp3) is 0.115. The summed E-state index contributed by atoms with van der Waals surface area (Å²) in [5.74, 6) is 0.000414. The lowest BCUT2D eigenvalue weighted by Gasteiger charge is -2.13. The molecule has 8 nitrogen and oxygen atoms in total. The van der Waals surface area contributed by atoms with Gasteiger partial charge in [-0.1, -0.05) is 48.5 Å². The van der Waals surface area contributed by atoms with E-state index in [1.54, 1.807) is 48.5 Å². The summed E-state index contributed by atoms with van der Waals surface area (Å²) in [6.45, 7) is -0.0175. The lowest BCUT2D eigenvalue weighted by Crippen LogP contribution is -2.38. The van der Waals surface area contributed by atoms with Crippen LogP contribution in [0.2, 0.25) is 0 Å². The first-order valence-electron chi connectivity index (χ1n) is 10.7. The van der Waals surface area contributed by atoms with Crippen LogP contribution in [0.4, 0.5) is 10.5 Å². The quantitative estimate of drug-likeness (QED) is 0.325. The number of rotatable bonds is 8. The maximum atomic E-state index is 12.8. The van der Waals surface area contributed by atoms with Crippen molar-refractivity contribution in [2.45, 2.75) is 6.61 Å². The van der Waals surface area contributed by atoms with Gasteiger partial charge < -0.3 is 20.1 Å². The third-order valence-corrected chi connectivity index (χ3v) is 5.77. The Kier molecular flexibility index (Phi) is 7.47. The van der Waals surface area contributed by atoms with Crippen LogP contribution in [-0.2, 0) is 16.2 Å². The van der Waals surface area contributed by atoms with Crippen LogP contribution in [0.1, 0.15) is 11.1 Å². The average molecular weight is 536 g/mol. The van der Waals surface area contributed by atoms with Crippen LogP contribution in [0.15, 0.2) is 83.0 Å². The summed E-state index contributed by atoms with van der Waals surface area (Å²) in [5, 5.41) is 5.18. The lowest BCUT2D eigenvalue weighted by atomic mass is 10.2. The molecule has 0 radical (unpaired) electrons. The van der Waals surface area contributed by atoms with Crippen molar-refractivity contribution in [1.29, 1.82) is 0 Å². The topological polar surface area (TPSA) is 97.0 Å². The molecule has 1 saturated heterocycles. The molecule has 1 aliphatic heterocycles. The monoisotopic (exact) mass is 535 g/mol. The zero-order chi connectivity index (χ0) is 24.8. The predicted octanol–water partition coefficient (Wildman–Crippen LogP) is 4.57. The van der Waals surface area contributed by atoms with Crippen LogP contribution in [-0.4, -0.2) is 36.4 Å². The fourth-order valence-corrected chi connectivity index (χ4v) is 3.93. The lowest BCUT2D eigenvalue weighted by molar-refractivity contribution is -0.127. The van der Waals surface area contributed by atoms with Crippen molar-refractivity contribution in [3.8, 4) is 11.5 Å². The molecular formula is C26H22BrN3O5. The summed E-state index contributed by atoms with van der Waals surface area (Å²) in [6, 6.07) is 21.3. The molecule has 9 heteroatoms.